The SMILES string of the molecule is Cl.NC1C=CC2CC1Cc1ccccc12. The van der Waals surface area contributed by atoms with Crippen LogP contribution in [0, 0.1) is 5.92 Å². The van der Waals surface area contributed by atoms with Crippen molar-refractivity contribution in [3.8, 4) is 0 Å². The molecule has 3 rings (SSSR count). The van der Waals surface area contributed by atoms with Crippen molar-refractivity contribution in [1.82, 2.24) is 0 Å². The summed E-state index contributed by atoms with van der Waals surface area (Å²) in [5.41, 5.74) is 9.08. The van der Waals surface area contributed by atoms with Crippen molar-refractivity contribution < 1.29 is 0 Å². The number of fused-ring (bicyclic) bond motifs is 4. The van der Waals surface area contributed by atoms with Crippen LogP contribution in [-0.4, -0.2) is 6.04 Å². The molecule has 2 N–H and O–H groups in total. The van der Waals surface area contributed by atoms with Crippen LogP contribution in [0.1, 0.15) is 23.5 Å². The molecule has 3 unspecified atom stereocenters. The molecular formula is C13H16ClN. The molecule has 1 aromatic carbocycles. The summed E-state index contributed by atoms with van der Waals surface area (Å²) in [5.74, 6) is 1.30. The van der Waals surface area contributed by atoms with E-state index in [1.54, 1.807) is 0 Å². The number of hydrogen-bond acceptors (Lipinski definition) is 1. The number of nitrogens with two attached hydrogens (primary N) is 1. The Morgan fingerprint density at radius 2 is 1.93 bits per heavy atom. The molecule has 80 valence electrons. The normalized spacial score (nSPS) is 31.7. The zero-order valence-electron chi connectivity index (χ0n) is 8.60. The highest BCUT2D eigenvalue weighted by atomic mass is 35.5. The Bertz CT molecular complexity index is 386. The summed E-state index contributed by atoms with van der Waals surface area (Å²) in [7, 11) is 0. The van der Waals surface area contributed by atoms with E-state index in [0.717, 1.165) is 6.42 Å². The molecule has 0 amide bonds. The first kappa shape index (κ1) is 10.7. The van der Waals surface area contributed by atoms with Crippen LogP contribution in [0.15, 0.2) is 36.4 Å². The van der Waals surface area contributed by atoms with Gasteiger partial charge in [0, 0.05) is 12.0 Å². The maximum atomic E-state index is 6.06. The van der Waals surface area contributed by atoms with E-state index in [1.807, 2.05) is 0 Å². The third-order valence-electron chi connectivity index (χ3n) is 3.60. The highest BCUT2D eigenvalue weighted by Gasteiger charge is 2.30. The standard InChI is InChI=1S/C13H15N.ClH/c14-13-6-5-10-8-11(13)7-9-3-1-2-4-12(9)10;/h1-6,10-11,13H,7-8,14H2;1H. The Hall–Kier alpha value is -0.790. The van der Waals surface area contributed by atoms with E-state index >= 15 is 0 Å². The topological polar surface area (TPSA) is 26.0 Å². The van der Waals surface area contributed by atoms with Crippen molar-refractivity contribution in [3.63, 3.8) is 0 Å². The first-order valence-electron chi connectivity index (χ1n) is 5.36. The van der Waals surface area contributed by atoms with Crippen LogP contribution < -0.4 is 5.73 Å². The average Bonchev–Trinajstić information content (AvgIpc) is 2.24. The summed E-state index contributed by atoms with van der Waals surface area (Å²) in [5, 5.41) is 0. The lowest BCUT2D eigenvalue weighted by Gasteiger charge is -2.36. The van der Waals surface area contributed by atoms with E-state index < -0.39 is 0 Å². The summed E-state index contributed by atoms with van der Waals surface area (Å²) in [6.45, 7) is 0. The maximum absolute atomic E-state index is 6.06. The summed E-state index contributed by atoms with van der Waals surface area (Å²) >= 11 is 0. The van der Waals surface area contributed by atoms with E-state index in [4.69, 9.17) is 5.73 Å². The van der Waals surface area contributed by atoms with E-state index in [1.165, 1.54) is 17.5 Å². The highest BCUT2D eigenvalue weighted by molar-refractivity contribution is 5.85. The van der Waals surface area contributed by atoms with Crippen molar-refractivity contribution in [2.75, 3.05) is 0 Å². The van der Waals surface area contributed by atoms with Gasteiger partial charge < -0.3 is 5.73 Å². The van der Waals surface area contributed by atoms with Gasteiger partial charge in [-0.1, -0.05) is 36.4 Å². The lowest BCUT2D eigenvalue weighted by molar-refractivity contribution is 0.378. The summed E-state index contributed by atoms with van der Waals surface area (Å²) in [6.07, 6.45) is 6.89. The number of hydrogen-bond donors (Lipinski definition) is 1. The molecule has 2 aliphatic carbocycles. The summed E-state index contributed by atoms with van der Waals surface area (Å²) in [6, 6.07) is 9.06. The predicted octanol–water partition coefficient (Wildman–Crippen LogP) is 2.65. The van der Waals surface area contributed by atoms with Crippen molar-refractivity contribution in [2.45, 2.75) is 24.8 Å². The Morgan fingerprint density at radius 3 is 2.80 bits per heavy atom. The third-order valence-corrected chi connectivity index (χ3v) is 3.60. The molecule has 0 aliphatic heterocycles. The van der Waals surface area contributed by atoms with Gasteiger partial charge in [0.25, 0.3) is 0 Å². The second-order valence-corrected chi connectivity index (χ2v) is 4.47. The maximum Gasteiger partial charge on any atom is 0.0256 e. The number of allylic oxidation sites excluding steroid dienone is 1. The molecule has 1 nitrogen and oxygen atoms in total. The molecule has 2 aliphatic rings. The van der Waals surface area contributed by atoms with Gasteiger partial charge in [-0.25, -0.2) is 0 Å². The average molecular weight is 222 g/mol. The highest BCUT2D eigenvalue weighted by Crippen LogP contribution is 2.39. The second-order valence-electron chi connectivity index (χ2n) is 4.47. The summed E-state index contributed by atoms with van der Waals surface area (Å²) < 4.78 is 0. The van der Waals surface area contributed by atoms with Gasteiger partial charge in [-0.05, 0) is 29.9 Å². The zero-order chi connectivity index (χ0) is 9.54. The molecule has 3 atom stereocenters. The fourth-order valence-electron chi connectivity index (χ4n) is 2.80. The molecule has 2 heteroatoms. The Kier molecular flexibility index (Phi) is 2.85. The van der Waals surface area contributed by atoms with Gasteiger partial charge in [0.15, 0.2) is 0 Å². The fraction of sp³-hybridized carbons (Fsp3) is 0.385. The van der Waals surface area contributed by atoms with Gasteiger partial charge >= 0.3 is 0 Å². The van der Waals surface area contributed by atoms with E-state index in [2.05, 4.69) is 36.4 Å². The third kappa shape index (κ3) is 1.70. The van der Waals surface area contributed by atoms with Crippen molar-refractivity contribution in [3.05, 3.63) is 47.5 Å². The van der Waals surface area contributed by atoms with Crippen LogP contribution in [0.25, 0.3) is 0 Å². The van der Waals surface area contributed by atoms with Crippen molar-refractivity contribution >= 4 is 12.4 Å². The van der Waals surface area contributed by atoms with Gasteiger partial charge in [-0.2, -0.15) is 0 Å². The molecule has 1 aromatic rings. The molecule has 0 spiro atoms. The van der Waals surface area contributed by atoms with Gasteiger partial charge in [-0.3, -0.25) is 0 Å². The number of halogens is 1. The minimum Gasteiger partial charge on any atom is -0.324 e. The molecule has 0 saturated heterocycles. The number of rotatable bonds is 0. The number of benzene rings is 1. The molecular weight excluding hydrogens is 206 g/mol. The molecule has 0 heterocycles. The minimum atomic E-state index is 0. The van der Waals surface area contributed by atoms with Crippen molar-refractivity contribution in [1.29, 1.82) is 0 Å². The Morgan fingerprint density at radius 1 is 1.13 bits per heavy atom. The lowest BCUT2D eigenvalue weighted by atomic mass is 9.71. The first-order chi connectivity index (χ1) is 6.84. The van der Waals surface area contributed by atoms with E-state index in [-0.39, 0.29) is 18.4 Å². The Labute approximate surface area is 96.8 Å². The van der Waals surface area contributed by atoms with Gasteiger partial charge in [0.05, 0.1) is 0 Å². The smallest absolute Gasteiger partial charge is 0.0256 e. The van der Waals surface area contributed by atoms with Gasteiger partial charge in [-0.15, -0.1) is 12.4 Å². The molecule has 0 fully saturated rings. The lowest BCUT2D eigenvalue weighted by Crippen LogP contribution is -2.36. The van der Waals surface area contributed by atoms with E-state index in [0.29, 0.717) is 11.8 Å². The molecule has 2 bridgehead atoms. The fourth-order valence-corrected chi connectivity index (χ4v) is 2.80. The van der Waals surface area contributed by atoms with Gasteiger partial charge in [0.2, 0.25) is 0 Å². The van der Waals surface area contributed by atoms with Crippen LogP contribution >= 0.6 is 12.4 Å². The Balaban J connectivity index is 0.000000853. The largest absolute Gasteiger partial charge is 0.324 e. The minimum absolute atomic E-state index is 0. The van der Waals surface area contributed by atoms with Crippen LogP contribution in [0.3, 0.4) is 0 Å². The van der Waals surface area contributed by atoms with E-state index in [9.17, 15) is 0 Å². The van der Waals surface area contributed by atoms with Crippen LogP contribution in [0.2, 0.25) is 0 Å². The van der Waals surface area contributed by atoms with Crippen LogP contribution in [0.4, 0.5) is 0 Å². The van der Waals surface area contributed by atoms with Crippen LogP contribution in [0.5, 0.6) is 0 Å². The molecule has 0 saturated carbocycles. The first-order valence-corrected chi connectivity index (χ1v) is 5.36. The molecule has 0 aromatic heterocycles. The monoisotopic (exact) mass is 221 g/mol. The predicted molar refractivity (Wildman–Crippen MR) is 65.4 cm³/mol. The molecule has 15 heavy (non-hydrogen) atoms. The quantitative estimate of drug-likeness (QED) is 0.670. The summed E-state index contributed by atoms with van der Waals surface area (Å²) in [4.78, 5) is 0. The van der Waals surface area contributed by atoms with Crippen molar-refractivity contribution in [2.24, 2.45) is 11.7 Å². The second kappa shape index (κ2) is 3.99. The van der Waals surface area contributed by atoms with Gasteiger partial charge in [0.1, 0.15) is 0 Å². The zero-order valence-corrected chi connectivity index (χ0v) is 9.41. The molecule has 0 radical (unpaired) electrons. The van der Waals surface area contributed by atoms with Crippen LogP contribution in [-0.2, 0) is 6.42 Å².